The number of carbonyl (C=O) groups excluding carboxylic acids is 2. The quantitative estimate of drug-likeness (QED) is 0.525. The van der Waals surface area contributed by atoms with Gasteiger partial charge in [-0.25, -0.2) is 0 Å². The highest BCUT2D eigenvalue weighted by atomic mass is 16.5. The van der Waals surface area contributed by atoms with Crippen molar-refractivity contribution in [2.45, 2.75) is 52.7 Å². The van der Waals surface area contributed by atoms with Crippen molar-refractivity contribution in [1.82, 2.24) is 10.2 Å². The maximum Gasteiger partial charge on any atom is 0.261 e. The van der Waals surface area contributed by atoms with Gasteiger partial charge in [-0.05, 0) is 49.8 Å². The zero-order valence-electron chi connectivity index (χ0n) is 19.3. The summed E-state index contributed by atoms with van der Waals surface area (Å²) in [6.45, 7) is 7.96. The molecule has 0 fully saturated rings. The minimum Gasteiger partial charge on any atom is -0.483 e. The minimum atomic E-state index is -0.618. The molecule has 5 nitrogen and oxygen atoms in total. The predicted octanol–water partition coefficient (Wildman–Crippen LogP) is 4.86. The Bertz CT molecular complexity index is 1070. The van der Waals surface area contributed by atoms with Gasteiger partial charge in [-0.15, -0.1) is 0 Å². The molecule has 0 aliphatic carbocycles. The molecule has 3 rings (SSSR count). The second-order valence-corrected chi connectivity index (χ2v) is 8.21. The molecule has 0 aliphatic heterocycles. The number of ether oxygens (including phenoxy) is 1. The van der Waals surface area contributed by atoms with Crippen molar-refractivity contribution >= 4 is 22.6 Å². The van der Waals surface area contributed by atoms with Gasteiger partial charge in [0.25, 0.3) is 5.91 Å². The second kappa shape index (κ2) is 10.8. The number of amides is 2. The number of fused-ring (bicyclic) bond motifs is 1. The van der Waals surface area contributed by atoms with Crippen molar-refractivity contribution in [2.24, 2.45) is 0 Å². The van der Waals surface area contributed by atoms with Crippen LogP contribution in [0.5, 0.6) is 5.75 Å². The summed E-state index contributed by atoms with van der Waals surface area (Å²) in [4.78, 5) is 27.7. The van der Waals surface area contributed by atoms with Gasteiger partial charge in [0.1, 0.15) is 11.8 Å². The van der Waals surface area contributed by atoms with Crippen molar-refractivity contribution in [2.75, 3.05) is 6.61 Å². The fraction of sp³-hybridized carbons (Fsp3) is 0.333. The molecule has 0 radical (unpaired) electrons. The molecule has 0 heterocycles. The largest absolute Gasteiger partial charge is 0.483 e. The molecule has 168 valence electrons. The Kier molecular flexibility index (Phi) is 7.87. The lowest BCUT2D eigenvalue weighted by atomic mass is 10.1. The monoisotopic (exact) mass is 432 g/mol. The molecule has 1 N–H and O–H groups in total. The summed E-state index contributed by atoms with van der Waals surface area (Å²) in [5.74, 6) is 0.267. The van der Waals surface area contributed by atoms with Gasteiger partial charge >= 0.3 is 0 Å². The molecule has 5 heteroatoms. The van der Waals surface area contributed by atoms with Crippen LogP contribution in [-0.4, -0.2) is 35.4 Å². The fourth-order valence-corrected chi connectivity index (χ4v) is 3.56. The van der Waals surface area contributed by atoms with Gasteiger partial charge in [0.15, 0.2) is 6.61 Å². The van der Waals surface area contributed by atoms with Gasteiger partial charge in [0, 0.05) is 18.0 Å². The van der Waals surface area contributed by atoms with Crippen LogP contribution < -0.4 is 10.1 Å². The Labute approximate surface area is 190 Å². The van der Waals surface area contributed by atoms with Crippen LogP contribution in [0.2, 0.25) is 0 Å². The lowest BCUT2D eigenvalue weighted by Crippen LogP contribution is -2.50. The minimum absolute atomic E-state index is 0.0484. The van der Waals surface area contributed by atoms with Gasteiger partial charge in [-0.3, -0.25) is 9.59 Å². The van der Waals surface area contributed by atoms with E-state index in [1.54, 1.807) is 11.8 Å². The highest BCUT2D eigenvalue weighted by molar-refractivity contribution is 5.90. The molecule has 0 saturated carbocycles. The van der Waals surface area contributed by atoms with Gasteiger partial charge in [-0.1, -0.05) is 67.6 Å². The Morgan fingerprint density at radius 1 is 0.969 bits per heavy atom. The summed E-state index contributed by atoms with van der Waals surface area (Å²) < 4.78 is 5.94. The van der Waals surface area contributed by atoms with E-state index < -0.39 is 6.04 Å². The molecule has 0 saturated heterocycles. The molecular formula is C27H32N2O3. The van der Waals surface area contributed by atoms with E-state index in [0.29, 0.717) is 12.3 Å². The highest BCUT2D eigenvalue weighted by Crippen LogP contribution is 2.25. The van der Waals surface area contributed by atoms with E-state index >= 15 is 0 Å². The third-order valence-corrected chi connectivity index (χ3v) is 5.87. The Morgan fingerprint density at radius 2 is 1.66 bits per heavy atom. The number of rotatable bonds is 9. The normalized spacial score (nSPS) is 12.8. The van der Waals surface area contributed by atoms with Crippen LogP contribution in [0.25, 0.3) is 10.8 Å². The van der Waals surface area contributed by atoms with E-state index in [1.165, 1.54) is 0 Å². The number of nitrogens with one attached hydrogen (secondary N) is 1. The maximum absolute atomic E-state index is 13.3. The van der Waals surface area contributed by atoms with E-state index in [2.05, 4.69) is 5.32 Å². The molecule has 2 atom stereocenters. The number of hydrogen-bond acceptors (Lipinski definition) is 3. The zero-order chi connectivity index (χ0) is 23.1. The summed E-state index contributed by atoms with van der Waals surface area (Å²) in [6.07, 6.45) is 0.828. The Balaban J connectivity index is 1.80. The molecular weight excluding hydrogens is 400 g/mol. The summed E-state index contributed by atoms with van der Waals surface area (Å²) in [5.41, 5.74) is 2.09. The molecule has 0 unspecified atom stereocenters. The fourth-order valence-electron chi connectivity index (χ4n) is 3.56. The first-order chi connectivity index (χ1) is 15.4. The van der Waals surface area contributed by atoms with E-state index in [0.717, 1.165) is 28.3 Å². The lowest BCUT2D eigenvalue weighted by molar-refractivity contribution is -0.142. The van der Waals surface area contributed by atoms with Crippen LogP contribution in [0, 0.1) is 6.92 Å². The lowest BCUT2D eigenvalue weighted by Gasteiger charge is -2.30. The standard InChI is InChI=1S/C27H32N2O3/c1-5-20(3)28-27(31)21(4)29(17-23-13-7-6-11-19(23)2)26(30)18-32-25-16-10-14-22-12-8-9-15-24(22)25/h6-16,20-21H,5,17-18H2,1-4H3,(H,28,31)/t20-,21-/m0/s1. The van der Waals surface area contributed by atoms with Crippen molar-refractivity contribution < 1.29 is 14.3 Å². The van der Waals surface area contributed by atoms with Crippen molar-refractivity contribution in [3.63, 3.8) is 0 Å². The predicted molar refractivity (Wildman–Crippen MR) is 129 cm³/mol. The first kappa shape index (κ1) is 23.3. The third kappa shape index (κ3) is 5.67. The first-order valence-corrected chi connectivity index (χ1v) is 11.2. The van der Waals surface area contributed by atoms with Gasteiger partial charge < -0.3 is 15.0 Å². The van der Waals surface area contributed by atoms with Crippen LogP contribution >= 0.6 is 0 Å². The van der Waals surface area contributed by atoms with E-state index in [9.17, 15) is 9.59 Å². The van der Waals surface area contributed by atoms with Crippen LogP contribution in [0.15, 0.2) is 66.7 Å². The van der Waals surface area contributed by atoms with Crippen LogP contribution in [0.1, 0.15) is 38.3 Å². The highest BCUT2D eigenvalue weighted by Gasteiger charge is 2.27. The summed E-state index contributed by atoms with van der Waals surface area (Å²) in [7, 11) is 0. The van der Waals surface area contributed by atoms with Crippen LogP contribution in [0.3, 0.4) is 0 Å². The molecule has 3 aromatic carbocycles. The molecule has 32 heavy (non-hydrogen) atoms. The van der Waals surface area contributed by atoms with Gasteiger partial charge in [0.2, 0.25) is 5.91 Å². The maximum atomic E-state index is 13.3. The first-order valence-electron chi connectivity index (χ1n) is 11.2. The zero-order valence-corrected chi connectivity index (χ0v) is 19.3. The third-order valence-electron chi connectivity index (χ3n) is 5.87. The van der Waals surface area contributed by atoms with Crippen molar-refractivity contribution in [3.8, 4) is 5.75 Å². The summed E-state index contributed by atoms with van der Waals surface area (Å²) in [5, 5.41) is 5.00. The van der Waals surface area contributed by atoms with Gasteiger partial charge in [0.05, 0.1) is 0 Å². The molecule has 2 amide bonds. The average Bonchev–Trinajstić information content (AvgIpc) is 2.81. The number of carbonyl (C=O) groups is 2. The number of aryl methyl sites for hydroxylation is 1. The molecule has 0 aliphatic rings. The summed E-state index contributed by atoms with van der Waals surface area (Å²) >= 11 is 0. The smallest absolute Gasteiger partial charge is 0.261 e. The van der Waals surface area contributed by atoms with Crippen molar-refractivity contribution in [3.05, 3.63) is 77.9 Å². The molecule has 0 bridgehead atoms. The van der Waals surface area contributed by atoms with Gasteiger partial charge in [-0.2, -0.15) is 0 Å². The number of benzene rings is 3. The topological polar surface area (TPSA) is 58.6 Å². The van der Waals surface area contributed by atoms with E-state index in [1.807, 2.05) is 87.5 Å². The molecule has 3 aromatic rings. The number of nitrogens with zero attached hydrogens (tertiary/aromatic N) is 1. The SMILES string of the molecule is CC[C@H](C)NC(=O)[C@H](C)N(Cc1ccccc1C)C(=O)COc1cccc2ccccc12. The van der Waals surface area contributed by atoms with Crippen LogP contribution in [-0.2, 0) is 16.1 Å². The summed E-state index contributed by atoms with van der Waals surface area (Å²) in [6, 6.07) is 21.0. The Hall–Kier alpha value is -3.34. The van der Waals surface area contributed by atoms with Crippen molar-refractivity contribution in [1.29, 1.82) is 0 Å². The van der Waals surface area contributed by atoms with E-state index in [-0.39, 0.29) is 24.5 Å². The average molecular weight is 433 g/mol. The second-order valence-electron chi connectivity index (χ2n) is 8.21. The van der Waals surface area contributed by atoms with E-state index in [4.69, 9.17) is 4.74 Å². The van der Waals surface area contributed by atoms with Crippen LogP contribution in [0.4, 0.5) is 0 Å². The Morgan fingerprint density at radius 3 is 2.41 bits per heavy atom. The molecule has 0 spiro atoms. The number of hydrogen-bond donors (Lipinski definition) is 1. The molecule has 0 aromatic heterocycles.